The lowest BCUT2D eigenvalue weighted by molar-refractivity contribution is 1.08. The molecule has 0 bridgehead atoms. The van der Waals surface area contributed by atoms with Gasteiger partial charge in [0.25, 0.3) is 0 Å². The van der Waals surface area contributed by atoms with Gasteiger partial charge in [0, 0.05) is 16.5 Å². The highest BCUT2D eigenvalue weighted by molar-refractivity contribution is 7.99. The van der Waals surface area contributed by atoms with Gasteiger partial charge in [-0.05, 0) is 31.2 Å². The average Bonchev–Trinajstić information content (AvgIpc) is 2.39. The maximum absolute atomic E-state index is 6.17. The van der Waals surface area contributed by atoms with Crippen LogP contribution in [0.25, 0.3) is 0 Å². The van der Waals surface area contributed by atoms with Gasteiger partial charge < -0.3 is 5.32 Å². The van der Waals surface area contributed by atoms with E-state index in [4.69, 9.17) is 46.4 Å². The van der Waals surface area contributed by atoms with Crippen molar-refractivity contribution in [3.63, 3.8) is 0 Å². The fraction of sp³-hybridized carbons (Fsp3) is 0.154. The number of pyridine rings is 1. The summed E-state index contributed by atoms with van der Waals surface area (Å²) >= 11 is 25.7. The molecular weight excluding hydrogens is 358 g/mol. The van der Waals surface area contributed by atoms with E-state index in [0.717, 1.165) is 11.4 Å². The maximum atomic E-state index is 6.17. The topological polar surface area (TPSA) is 24.9 Å². The molecule has 106 valence electrons. The van der Waals surface area contributed by atoms with Crippen LogP contribution in [0, 0.1) is 0 Å². The molecule has 1 aromatic heterocycles. The molecule has 2 rings (SSSR count). The van der Waals surface area contributed by atoms with Crippen LogP contribution in [-0.4, -0.2) is 11.5 Å². The van der Waals surface area contributed by atoms with Gasteiger partial charge in [0.15, 0.2) is 0 Å². The van der Waals surface area contributed by atoms with E-state index >= 15 is 0 Å². The number of halogens is 4. The summed E-state index contributed by atoms with van der Waals surface area (Å²) in [5.41, 5.74) is 0. The number of nitrogens with zero attached hydrogens (tertiary/aromatic N) is 1. The lowest BCUT2D eigenvalue weighted by Gasteiger charge is -2.10. The van der Waals surface area contributed by atoms with Gasteiger partial charge in [-0.3, -0.25) is 0 Å². The van der Waals surface area contributed by atoms with E-state index in [1.165, 1.54) is 11.8 Å². The normalized spacial score (nSPS) is 10.7. The predicted octanol–water partition coefficient (Wildman–Crippen LogP) is 6.28. The second-order valence-corrected chi connectivity index (χ2v) is 6.50. The first-order valence-electron chi connectivity index (χ1n) is 5.74. The number of aromatic nitrogens is 1. The third-order valence-corrected chi connectivity index (χ3v) is 4.77. The molecule has 0 saturated heterocycles. The molecule has 0 saturated carbocycles. The Morgan fingerprint density at radius 3 is 2.50 bits per heavy atom. The van der Waals surface area contributed by atoms with Gasteiger partial charge in [-0.15, -0.1) is 0 Å². The van der Waals surface area contributed by atoms with E-state index in [1.54, 1.807) is 24.3 Å². The van der Waals surface area contributed by atoms with Crippen LogP contribution in [-0.2, 0) is 0 Å². The van der Waals surface area contributed by atoms with Gasteiger partial charge in [0.2, 0.25) is 0 Å². The summed E-state index contributed by atoms with van der Waals surface area (Å²) < 4.78 is 0. The quantitative estimate of drug-likeness (QED) is 0.688. The lowest BCUT2D eigenvalue weighted by atomic mass is 10.4. The third kappa shape index (κ3) is 3.86. The van der Waals surface area contributed by atoms with E-state index in [-0.39, 0.29) is 0 Å². The molecule has 2 nitrogen and oxygen atoms in total. The summed E-state index contributed by atoms with van der Waals surface area (Å²) in [6.07, 6.45) is 0. The van der Waals surface area contributed by atoms with Crippen molar-refractivity contribution in [2.24, 2.45) is 0 Å². The zero-order valence-corrected chi connectivity index (χ0v) is 14.2. The van der Waals surface area contributed by atoms with Gasteiger partial charge in [-0.25, -0.2) is 4.98 Å². The third-order valence-electron chi connectivity index (χ3n) is 2.34. The summed E-state index contributed by atoms with van der Waals surface area (Å²) in [6.45, 7) is 2.68. The number of hydrogen-bond donors (Lipinski definition) is 1. The Kier molecular flexibility index (Phi) is 5.70. The summed E-state index contributed by atoms with van der Waals surface area (Å²) in [5, 5.41) is 5.86. The average molecular weight is 368 g/mol. The van der Waals surface area contributed by atoms with Crippen molar-refractivity contribution < 1.29 is 0 Å². The van der Waals surface area contributed by atoms with Crippen LogP contribution in [0.5, 0.6) is 0 Å². The summed E-state index contributed by atoms with van der Waals surface area (Å²) in [5.74, 6) is 0.596. The minimum Gasteiger partial charge on any atom is -0.369 e. The largest absolute Gasteiger partial charge is 0.369 e. The standard InChI is InChI=1S/C13H10Cl4N2S/c1-2-18-12-9(16)6-10(17)13(19-12)20-11-5-7(14)3-4-8(11)15/h3-6H,2H2,1H3,(H,18,19). The van der Waals surface area contributed by atoms with E-state index in [1.807, 2.05) is 6.92 Å². The highest BCUT2D eigenvalue weighted by atomic mass is 35.5. The van der Waals surface area contributed by atoms with Crippen LogP contribution in [0.2, 0.25) is 20.1 Å². The lowest BCUT2D eigenvalue weighted by Crippen LogP contribution is -2.01. The number of nitrogens with one attached hydrogen (secondary N) is 1. The zero-order valence-electron chi connectivity index (χ0n) is 10.4. The Hall–Kier alpha value is -0.320. The van der Waals surface area contributed by atoms with Crippen molar-refractivity contribution in [1.29, 1.82) is 0 Å². The fourth-order valence-electron chi connectivity index (χ4n) is 1.47. The Morgan fingerprint density at radius 2 is 1.80 bits per heavy atom. The fourth-order valence-corrected chi connectivity index (χ4v) is 3.34. The second kappa shape index (κ2) is 7.10. The minimum atomic E-state index is 0.470. The SMILES string of the molecule is CCNc1nc(Sc2cc(Cl)ccc2Cl)c(Cl)cc1Cl. The van der Waals surface area contributed by atoms with E-state index < -0.39 is 0 Å². The van der Waals surface area contributed by atoms with E-state index in [9.17, 15) is 0 Å². The van der Waals surface area contributed by atoms with Crippen molar-refractivity contribution >= 4 is 64.0 Å². The van der Waals surface area contributed by atoms with Gasteiger partial charge in [-0.1, -0.05) is 58.2 Å². The molecule has 0 aliphatic carbocycles. The Labute approximate surface area is 141 Å². The molecule has 0 unspecified atom stereocenters. The van der Waals surface area contributed by atoms with Crippen LogP contribution < -0.4 is 5.32 Å². The molecule has 0 fully saturated rings. The first kappa shape index (κ1) is 16.1. The molecule has 0 radical (unpaired) electrons. The molecular formula is C13H10Cl4N2S. The summed E-state index contributed by atoms with van der Waals surface area (Å²) in [6, 6.07) is 6.90. The first-order valence-corrected chi connectivity index (χ1v) is 8.07. The molecule has 2 aromatic rings. The number of anilines is 1. The van der Waals surface area contributed by atoms with E-state index in [2.05, 4.69) is 10.3 Å². The van der Waals surface area contributed by atoms with Crippen LogP contribution in [0.1, 0.15) is 6.92 Å². The van der Waals surface area contributed by atoms with Gasteiger partial charge in [-0.2, -0.15) is 0 Å². The highest BCUT2D eigenvalue weighted by Crippen LogP contribution is 2.39. The van der Waals surface area contributed by atoms with Crippen molar-refractivity contribution in [2.75, 3.05) is 11.9 Å². The molecule has 1 heterocycles. The molecule has 0 aliphatic rings. The highest BCUT2D eigenvalue weighted by Gasteiger charge is 2.12. The molecule has 20 heavy (non-hydrogen) atoms. The predicted molar refractivity (Wildman–Crippen MR) is 89.0 cm³/mol. The first-order chi connectivity index (χ1) is 9.51. The summed E-state index contributed by atoms with van der Waals surface area (Å²) in [4.78, 5) is 5.20. The number of hydrogen-bond acceptors (Lipinski definition) is 3. The van der Waals surface area contributed by atoms with Crippen LogP contribution in [0.3, 0.4) is 0 Å². The molecule has 0 spiro atoms. The van der Waals surface area contributed by atoms with Crippen LogP contribution in [0.4, 0.5) is 5.82 Å². The zero-order chi connectivity index (χ0) is 14.7. The summed E-state index contributed by atoms with van der Waals surface area (Å²) in [7, 11) is 0. The van der Waals surface area contributed by atoms with E-state index in [0.29, 0.717) is 30.9 Å². The van der Waals surface area contributed by atoms with Crippen LogP contribution in [0.15, 0.2) is 34.2 Å². The molecule has 1 aromatic carbocycles. The molecule has 0 amide bonds. The number of rotatable bonds is 4. The molecule has 0 aliphatic heterocycles. The second-order valence-electron chi connectivity index (χ2n) is 3.81. The maximum Gasteiger partial charge on any atom is 0.146 e. The minimum absolute atomic E-state index is 0.470. The van der Waals surface area contributed by atoms with Gasteiger partial charge >= 0.3 is 0 Å². The van der Waals surface area contributed by atoms with Crippen molar-refractivity contribution in [3.8, 4) is 0 Å². The van der Waals surface area contributed by atoms with Crippen molar-refractivity contribution in [3.05, 3.63) is 44.4 Å². The van der Waals surface area contributed by atoms with Crippen molar-refractivity contribution in [2.45, 2.75) is 16.8 Å². The Bertz CT molecular complexity index is 634. The Balaban J connectivity index is 2.37. The number of benzene rings is 1. The molecule has 0 atom stereocenters. The monoisotopic (exact) mass is 366 g/mol. The van der Waals surface area contributed by atoms with Gasteiger partial charge in [0.05, 0.1) is 15.1 Å². The van der Waals surface area contributed by atoms with Crippen molar-refractivity contribution in [1.82, 2.24) is 4.98 Å². The Morgan fingerprint density at radius 1 is 1.05 bits per heavy atom. The van der Waals surface area contributed by atoms with Gasteiger partial charge in [0.1, 0.15) is 10.8 Å². The smallest absolute Gasteiger partial charge is 0.146 e. The molecule has 7 heteroatoms. The molecule has 1 N–H and O–H groups in total. The van der Waals surface area contributed by atoms with Crippen LogP contribution >= 0.6 is 58.2 Å².